The van der Waals surface area contributed by atoms with Crippen molar-refractivity contribution < 1.29 is 4.74 Å². The van der Waals surface area contributed by atoms with Crippen LogP contribution >= 0.6 is 0 Å². The lowest BCUT2D eigenvalue weighted by molar-refractivity contribution is 0.239. The summed E-state index contributed by atoms with van der Waals surface area (Å²) >= 11 is 0. The average Bonchev–Trinajstić information content (AvgIpc) is 2.26. The smallest absolute Gasteiger partial charge is 0.107 e. The molecule has 0 radical (unpaired) electrons. The van der Waals surface area contributed by atoms with Gasteiger partial charge < -0.3 is 4.74 Å². The van der Waals surface area contributed by atoms with Crippen molar-refractivity contribution in [2.45, 2.75) is 6.54 Å². The van der Waals surface area contributed by atoms with Crippen molar-refractivity contribution in [1.82, 2.24) is 4.90 Å². The lowest BCUT2D eigenvalue weighted by Gasteiger charge is -2.12. The largest absolute Gasteiger partial charge is 0.372 e. The lowest BCUT2D eigenvalue weighted by Crippen LogP contribution is -2.17. The third-order valence-electron chi connectivity index (χ3n) is 1.99. The van der Waals surface area contributed by atoms with Gasteiger partial charge in [0.25, 0.3) is 0 Å². The van der Waals surface area contributed by atoms with Crippen molar-refractivity contribution in [3.05, 3.63) is 35.9 Å². The normalized spacial score (nSPS) is 9.80. The van der Waals surface area contributed by atoms with E-state index in [2.05, 4.69) is 48.1 Å². The molecule has 0 spiro atoms. The summed E-state index contributed by atoms with van der Waals surface area (Å²) < 4.78 is 4.85. The fourth-order valence-corrected chi connectivity index (χ4v) is 1.27. The Morgan fingerprint density at radius 3 is 2.60 bits per heavy atom. The number of ether oxygens (including phenoxy) is 1. The first-order valence-corrected chi connectivity index (χ1v) is 5.00. The van der Waals surface area contributed by atoms with Gasteiger partial charge in [-0.1, -0.05) is 42.2 Å². The van der Waals surface area contributed by atoms with E-state index in [-0.39, 0.29) is 0 Å². The number of methoxy groups -OCH3 is 1. The minimum atomic E-state index is 0.513. The van der Waals surface area contributed by atoms with E-state index in [1.807, 2.05) is 6.07 Å². The van der Waals surface area contributed by atoms with Gasteiger partial charge in [-0.3, -0.25) is 4.90 Å². The fraction of sp³-hybridized carbons (Fsp3) is 0.385. The van der Waals surface area contributed by atoms with Crippen LogP contribution in [0.1, 0.15) is 5.56 Å². The number of benzene rings is 1. The number of rotatable bonds is 4. The van der Waals surface area contributed by atoms with Crippen molar-refractivity contribution in [1.29, 1.82) is 0 Å². The molecule has 1 rings (SSSR count). The first-order valence-electron chi connectivity index (χ1n) is 5.00. The molecule has 0 unspecified atom stereocenters. The lowest BCUT2D eigenvalue weighted by atomic mass is 10.2. The summed E-state index contributed by atoms with van der Waals surface area (Å²) in [7, 11) is 3.72. The molecule has 0 aromatic heterocycles. The van der Waals surface area contributed by atoms with Crippen LogP contribution in [0.25, 0.3) is 0 Å². The summed E-state index contributed by atoms with van der Waals surface area (Å²) in [6, 6.07) is 10.4. The molecule has 0 atom stereocenters. The standard InChI is InChI=1S/C13H17NO/c1-14(10-6-7-11-15-2)12-13-8-4-3-5-9-13/h3-5,8-9H,10-12H2,1-2H3. The SMILES string of the molecule is COCC#CCN(C)Cc1ccccc1. The molecule has 1 aromatic rings. The van der Waals surface area contributed by atoms with Gasteiger partial charge in [-0.25, -0.2) is 0 Å². The van der Waals surface area contributed by atoms with E-state index in [4.69, 9.17) is 4.74 Å². The van der Waals surface area contributed by atoms with E-state index in [0.29, 0.717) is 6.61 Å². The van der Waals surface area contributed by atoms with E-state index in [9.17, 15) is 0 Å². The molecule has 2 nitrogen and oxygen atoms in total. The summed E-state index contributed by atoms with van der Waals surface area (Å²) in [5.41, 5.74) is 1.31. The molecule has 0 aliphatic rings. The predicted octanol–water partition coefficient (Wildman–Crippen LogP) is 1.77. The third kappa shape index (κ3) is 5.21. The summed E-state index contributed by atoms with van der Waals surface area (Å²) in [5.74, 6) is 6.00. The molecule has 2 heteroatoms. The Hall–Kier alpha value is -1.30. The average molecular weight is 203 g/mol. The highest BCUT2D eigenvalue weighted by Crippen LogP contribution is 2.01. The van der Waals surface area contributed by atoms with Gasteiger partial charge in [-0.05, 0) is 12.6 Å². The highest BCUT2D eigenvalue weighted by Gasteiger charge is 1.96. The molecule has 0 aliphatic carbocycles. The Balaban J connectivity index is 2.31. The van der Waals surface area contributed by atoms with Gasteiger partial charge in [0, 0.05) is 13.7 Å². The van der Waals surface area contributed by atoms with E-state index >= 15 is 0 Å². The van der Waals surface area contributed by atoms with Gasteiger partial charge in [-0.15, -0.1) is 0 Å². The van der Waals surface area contributed by atoms with Gasteiger partial charge in [0.1, 0.15) is 6.61 Å². The molecule has 0 fully saturated rings. The molecule has 0 aliphatic heterocycles. The molecular weight excluding hydrogens is 186 g/mol. The molecule has 80 valence electrons. The minimum Gasteiger partial charge on any atom is -0.372 e. The van der Waals surface area contributed by atoms with Crippen LogP contribution in [-0.4, -0.2) is 32.2 Å². The number of hydrogen-bond acceptors (Lipinski definition) is 2. The molecule has 0 amide bonds. The van der Waals surface area contributed by atoms with Crippen LogP contribution in [0.4, 0.5) is 0 Å². The van der Waals surface area contributed by atoms with Crippen molar-refractivity contribution in [3.8, 4) is 11.8 Å². The third-order valence-corrected chi connectivity index (χ3v) is 1.99. The van der Waals surface area contributed by atoms with Gasteiger partial charge in [-0.2, -0.15) is 0 Å². The molecule has 15 heavy (non-hydrogen) atoms. The van der Waals surface area contributed by atoms with Crippen LogP contribution in [0, 0.1) is 11.8 Å². The second-order valence-corrected chi connectivity index (χ2v) is 3.44. The van der Waals surface area contributed by atoms with Crippen LogP contribution < -0.4 is 0 Å². The quantitative estimate of drug-likeness (QED) is 0.691. The number of hydrogen-bond donors (Lipinski definition) is 0. The first-order chi connectivity index (χ1) is 7.33. The van der Waals surface area contributed by atoms with Crippen LogP contribution in [0.15, 0.2) is 30.3 Å². The zero-order valence-electron chi connectivity index (χ0n) is 9.36. The van der Waals surface area contributed by atoms with E-state index in [1.54, 1.807) is 7.11 Å². The highest BCUT2D eigenvalue weighted by atomic mass is 16.5. The second-order valence-electron chi connectivity index (χ2n) is 3.44. The zero-order valence-corrected chi connectivity index (χ0v) is 9.36. The molecule has 0 saturated heterocycles. The Morgan fingerprint density at radius 1 is 1.20 bits per heavy atom. The predicted molar refractivity (Wildman–Crippen MR) is 62.4 cm³/mol. The molecule has 0 N–H and O–H groups in total. The van der Waals surface area contributed by atoms with Crippen LogP contribution in [0.2, 0.25) is 0 Å². The van der Waals surface area contributed by atoms with Gasteiger partial charge >= 0.3 is 0 Å². The van der Waals surface area contributed by atoms with Crippen molar-refractivity contribution in [2.75, 3.05) is 27.3 Å². The number of nitrogens with zero attached hydrogens (tertiary/aromatic N) is 1. The Labute approximate surface area is 91.9 Å². The maximum atomic E-state index is 4.85. The van der Waals surface area contributed by atoms with E-state index < -0.39 is 0 Å². The topological polar surface area (TPSA) is 12.5 Å². The maximum Gasteiger partial charge on any atom is 0.107 e. The first kappa shape index (κ1) is 11.8. The Morgan fingerprint density at radius 2 is 1.93 bits per heavy atom. The van der Waals surface area contributed by atoms with Crippen molar-refractivity contribution in [2.24, 2.45) is 0 Å². The molecule has 0 saturated carbocycles. The molecular formula is C13H17NO. The second kappa shape index (κ2) is 7.05. The van der Waals surface area contributed by atoms with Gasteiger partial charge in [0.2, 0.25) is 0 Å². The minimum absolute atomic E-state index is 0.513. The van der Waals surface area contributed by atoms with Crippen LogP contribution in [0.5, 0.6) is 0 Å². The maximum absolute atomic E-state index is 4.85. The Kier molecular flexibility index (Phi) is 5.54. The van der Waals surface area contributed by atoms with Crippen LogP contribution in [0.3, 0.4) is 0 Å². The van der Waals surface area contributed by atoms with E-state index in [1.165, 1.54) is 5.56 Å². The van der Waals surface area contributed by atoms with Crippen molar-refractivity contribution >= 4 is 0 Å². The molecule has 1 aromatic carbocycles. The highest BCUT2D eigenvalue weighted by molar-refractivity contribution is 5.14. The fourth-order valence-electron chi connectivity index (χ4n) is 1.27. The summed E-state index contributed by atoms with van der Waals surface area (Å²) in [4.78, 5) is 2.18. The van der Waals surface area contributed by atoms with Crippen LogP contribution in [-0.2, 0) is 11.3 Å². The Bertz CT molecular complexity index is 323. The molecule has 0 bridgehead atoms. The summed E-state index contributed by atoms with van der Waals surface area (Å²) in [6.07, 6.45) is 0. The summed E-state index contributed by atoms with van der Waals surface area (Å²) in [6.45, 7) is 2.22. The monoisotopic (exact) mass is 203 g/mol. The summed E-state index contributed by atoms with van der Waals surface area (Å²) in [5, 5.41) is 0. The van der Waals surface area contributed by atoms with Crippen molar-refractivity contribution in [3.63, 3.8) is 0 Å². The van der Waals surface area contributed by atoms with Gasteiger partial charge in [0.05, 0.1) is 6.54 Å². The zero-order chi connectivity index (χ0) is 10.9. The van der Waals surface area contributed by atoms with Gasteiger partial charge in [0.15, 0.2) is 0 Å². The van der Waals surface area contributed by atoms with E-state index in [0.717, 1.165) is 13.1 Å². The molecule has 0 heterocycles.